The maximum atomic E-state index is 12.2. The van der Waals surface area contributed by atoms with Gasteiger partial charge in [0.05, 0.1) is 11.3 Å². The van der Waals surface area contributed by atoms with Gasteiger partial charge in [-0.15, -0.1) is 0 Å². The lowest BCUT2D eigenvalue weighted by atomic mass is 10.0. The summed E-state index contributed by atoms with van der Waals surface area (Å²) in [6.07, 6.45) is 2.78. The van der Waals surface area contributed by atoms with E-state index in [1.807, 2.05) is 6.26 Å². The van der Waals surface area contributed by atoms with Crippen molar-refractivity contribution in [1.82, 2.24) is 14.9 Å². The first kappa shape index (κ1) is 15.3. The SMILES string of the molecule is CSc1nc2c(c(=O)[nH]1)CN(Cc1c(C)cccc1C)CC2. The summed E-state index contributed by atoms with van der Waals surface area (Å²) in [6.45, 7) is 6.82. The average molecular weight is 315 g/mol. The molecule has 0 saturated heterocycles. The van der Waals surface area contributed by atoms with Crippen LogP contribution in [0.25, 0.3) is 0 Å². The number of nitrogens with one attached hydrogen (secondary N) is 1. The largest absolute Gasteiger partial charge is 0.301 e. The second kappa shape index (κ2) is 6.26. The molecule has 1 aliphatic rings. The lowest BCUT2D eigenvalue weighted by molar-refractivity contribution is 0.240. The minimum absolute atomic E-state index is 0.0144. The van der Waals surface area contributed by atoms with Crippen LogP contribution in [0.4, 0.5) is 0 Å². The maximum absolute atomic E-state index is 12.2. The van der Waals surface area contributed by atoms with Crippen LogP contribution >= 0.6 is 11.8 Å². The monoisotopic (exact) mass is 315 g/mol. The van der Waals surface area contributed by atoms with Crippen molar-refractivity contribution < 1.29 is 0 Å². The van der Waals surface area contributed by atoms with Crippen LogP contribution in [0.3, 0.4) is 0 Å². The van der Waals surface area contributed by atoms with Gasteiger partial charge < -0.3 is 4.98 Å². The molecular weight excluding hydrogens is 294 g/mol. The highest BCUT2D eigenvalue weighted by atomic mass is 32.2. The zero-order valence-electron chi connectivity index (χ0n) is 13.3. The van der Waals surface area contributed by atoms with E-state index in [1.54, 1.807) is 0 Å². The summed E-state index contributed by atoms with van der Waals surface area (Å²) in [5, 5.41) is 0.715. The van der Waals surface area contributed by atoms with E-state index in [9.17, 15) is 4.79 Å². The molecule has 2 heterocycles. The second-order valence-corrected chi connectivity index (χ2v) is 6.63. The van der Waals surface area contributed by atoms with Gasteiger partial charge in [0.2, 0.25) is 0 Å². The lowest BCUT2D eigenvalue weighted by Crippen LogP contribution is -2.35. The van der Waals surface area contributed by atoms with E-state index in [2.05, 4.69) is 46.9 Å². The van der Waals surface area contributed by atoms with Crippen molar-refractivity contribution in [1.29, 1.82) is 0 Å². The van der Waals surface area contributed by atoms with Gasteiger partial charge in [0.15, 0.2) is 5.16 Å². The molecule has 0 atom stereocenters. The Hall–Kier alpha value is -1.59. The van der Waals surface area contributed by atoms with Gasteiger partial charge in [-0.05, 0) is 36.8 Å². The van der Waals surface area contributed by atoms with Gasteiger partial charge in [0.25, 0.3) is 5.56 Å². The van der Waals surface area contributed by atoms with Crippen LogP contribution in [0.15, 0.2) is 28.2 Å². The fourth-order valence-corrected chi connectivity index (χ4v) is 3.41. The maximum Gasteiger partial charge on any atom is 0.256 e. The van der Waals surface area contributed by atoms with Gasteiger partial charge in [-0.2, -0.15) is 0 Å². The van der Waals surface area contributed by atoms with Crippen molar-refractivity contribution in [2.45, 2.75) is 38.5 Å². The first-order valence-corrected chi connectivity index (χ1v) is 8.74. The van der Waals surface area contributed by atoms with Crippen molar-refractivity contribution in [2.24, 2.45) is 0 Å². The van der Waals surface area contributed by atoms with Crippen molar-refractivity contribution in [3.05, 3.63) is 56.5 Å². The number of aromatic nitrogens is 2. The fourth-order valence-electron chi connectivity index (χ4n) is 3.01. The predicted octanol–water partition coefficient (Wildman–Crippen LogP) is 2.67. The van der Waals surface area contributed by atoms with Gasteiger partial charge in [0, 0.05) is 26.1 Å². The van der Waals surface area contributed by atoms with Gasteiger partial charge in [-0.1, -0.05) is 30.0 Å². The van der Waals surface area contributed by atoms with Crippen LogP contribution in [0.2, 0.25) is 0 Å². The van der Waals surface area contributed by atoms with Gasteiger partial charge >= 0.3 is 0 Å². The summed E-state index contributed by atoms with van der Waals surface area (Å²) >= 11 is 1.48. The van der Waals surface area contributed by atoms with E-state index in [4.69, 9.17) is 0 Å². The molecule has 0 saturated carbocycles. The molecule has 0 spiro atoms. The molecule has 5 heteroatoms. The average Bonchev–Trinajstić information content (AvgIpc) is 2.51. The zero-order valence-corrected chi connectivity index (χ0v) is 14.1. The zero-order chi connectivity index (χ0) is 15.7. The highest BCUT2D eigenvalue weighted by Crippen LogP contribution is 2.21. The molecule has 1 aromatic carbocycles. The third-order valence-electron chi connectivity index (χ3n) is 4.35. The Morgan fingerprint density at radius 2 is 2.05 bits per heavy atom. The molecule has 0 fully saturated rings. The lowest BCUT2D eigenvalue weighted by Gasteiger charge is -2.28. The summed E-state index contributed by atoms with van der Waals surface area (Å²) in [5.74, 6) is 0. The summed E-state index contributed by atoms with van der Waals surface area (Å²) in [7, 11) is 0. The normalized spacial score (nSPS) is 14.9. The van der Waals surface area contributed by atoms with Crippen LogP contribution in [0.5, 0.6) is 0 Å². The first-order chi connectivity index (χ1) is 10.6. The summed E-state index contributed by atoms with van der Waals surface area (Å²) < 4.78 is 0. The van der Waals surface area contributed by atoms with Crippen molar-refractivity contribution in [3.63, 3.8) is 0 Å². The van der Waals surface area contributed by atoms with Crippen LogP contribution in [-0.2, 0) is 19.5 Å². The Kier molecular flexibility index (Phi) is 4.36. The summed E-state index contributed by atoms with van der Waals surface area (Å²) in [4.78, 5) is 22.0. The van der Waals surface area contributed by atoms with Crippen LogP contribution in [0, 0.1) is 13.8 Å². The van der Waals surface area contributed by atoms with Crippen LogP contribution < -0.4 is 5.56 Å². The minimum Gasteiger partial charge on any atom is -0.301 e. The van der Waals surface area contributed by atoms with Gasteiger partial charge in [-0.25, -0.2) is 4.98 Å². The second-order valence-electron chi connectivity index (χ2n) is 5.83. The van der Waals surface area contributed by atoms with Crippen LogP contribution in [0.1, 0.15) is 27.9 Å². The Morgan fingerprint density at radius 3 is 2.73 bits per heavy atom. The van der Waals surface area contributed by atoms with Crippen molar-refractivity contribution in [2.75, 3.05) is 12.8 Å². The van der Waals surface area contributed by atoms with Gasteiger partial charge in [0.1, 0.15) is 0 Å². The molecule has 0 aliphatic carbocycles. The number of fused-ring (bicyclic) bond motifs is 1. The van der Waals surface area contributed by atoms with E-state index in [0.717, 1.165) is 30.8 Å². The Bertz CT molecular complexity index is 734. The molecule has 1 aliphatic heterocycles. The third-order valence-corrected chi connectivity index (χ3v) is 4.93. The standard InChI is InChI=1S/C17H21N3OS/c1-11-5-4-6-12(2)13(11)9-20-8-7-15-14(10-20)16(21)19-17(18-15)22-3/h4-6H,7-10H2,1-3H3,(H,18,19,21). The van der Waals surface area contributed by atoms with E-state index < -0.39 is 0 Å². The minimum atomic E-state index is 0.0144. The Morgan fingerprint density at radius 1 is 1.32 bits per heavy atom. The number of aromatic amines is 1. The molecule has 0 amide bonds. The van der Waals surface area contributed by atoms with Crippen molar-refractivity contribution >= 4 is 11.8 Å². The third kappa shape index (κ3) is 2.96. The number of thioether (sulfide) groups is 1. The number of aryl methyl sites for hydroxylation is 2. The molecule has 4 nitrogen and oxygen atoms in total. The molecule has 0 radical (unpaired) electrons. The Labute approximate surface area is 135 Å². The first-order valence-electron chi connectivity index (χ1n) is 7.52. The smallest absolute Gasteiger partial charge is 0.256 e. The van der Waals surface area contributed by atoms with E-state index in [-0.39, 0.29) is 5.56 Å². The topological polar surface area (TPSA) is 49.0 Å². The molecule has 0 bridgehead atoms. The highest BCUT2D eigenvalue weighted by molar-refractivity contribution is 7.98. The van der Waals surface area contributed by atoms with E-state index >= 15 is 0 Å². The quantitative estimate of drug-likeness (QED) is 0.699. The van der Waals surface area contributed by atoms with E-state index in [1.165, 1.54) is 28.5 Å². The van der Waals surface area contributed by atoms with Crippen LogP contribution in [-0.4, -0.2) is 27.7 Å². The molecule has 3 rings (SSSR count). The molecule has 1 N–H and O–H groups in total. The number of benzene rings is 1. The number of hydrogen-bond acceptors (Lipinski definition) is 4. The number of hydrogen-bond donors (Lipinski definition) is 1. The predicted molar refractivity (Wildman–Crippen MR) is 90.4 cm³/mol. The fraction of sp³-hybridized carbons (Fsp3) is 0.412. The highest BCUT2D eigenvalue weighted by Gasteiger charge is 2.21. The van der Waals surface area contributed by atoms with E-state index in [0.29, 0.717) is 11.7 Å². The summed E-state index contributed by atoms with van der Waals surface area (Å²) in [6, 6.07) is 6.40. The summed E-state index contributed by atoms with van der Waals surface area (Å²) in [5.41, 5.74) is 5.81. The molecular formula is C17H21N3OS. The molecule has 1 aromatic heterocycles. The number of rotatable bonds is 3. The van der Waals surface area contributed by atoms with Gasteiger partial charge in [-0.3, -0.25) is 9.69 Å². The Balaban J connectivity index is 1.84. The molecule has 0 unspecified atom stereocenters. The van der Waals surface area contributed by atoms with Crippen molar-refractivity contribution in [3.8, 4) is 0 Å². The molecule has 116 valence electrons. The molecule has 22 heavy (non-hydrogen) atoms. The molecule has 2 aromatic rings. The number of H-pyrrole nitrogens is 1. The number of nitrogens with zero attached hydrogens (tertiary/aromatic N) is 2.